The van der Waals surface area contributed by atoms with Crippen LogP contribution >= 0.6 is 34.5 Å². The van der Waals surface area contributed by atoms with E-state index >= 15 is 0 Å². The smallest absolute Gasteiger partial charge is 0.256 e. The maximum absolute atomic E-state index is 12.5. The van der Waals surface area contributed by atoms with Gasteiger partial charge >= 0.3 is 0 Å². The molecule has 4 nitrogen and oxygen atoms in total. The Morgan fingerprint density at radius 2 is 2.20 bits per heavy atom. The van der Waals surface area contributed by atoms with Crippen LogP contribution in [0.3, 0.4) is 0 Å². The van der Waals surface area contributed by atoms with Crippen molar-refractivity contribution in [3.05, 3.63) is 20.3 Å². The number of likely N-dealkylation sites (tertiary alicyclic amines) is 1. The Labute approximate surface area is 131 Å². The molecular weight excluding hydrogens is 319 g/mol. The molecule has 0 saturated carbocycles. The predicted octanol–water partition coefficient (Wildman–Crippen LogP) is 2.80. The van der Waals surface area contributed by atoms with Crippen molar-refractivity contribution in [2.75, 3.05) is 13.1 Å². The second-order valence-corrected chi connectivity index (χ2v) is 7.54. The number of halogens is 2. The fourth-order valence-electron chi connectivity index (χ4n) is 2.95. The maximum Gasteiger partial charge on any atom is 0.256 e. The normalized spacial score (nSPS) is 26.1. The molecule has 7 heteroatoms. The molecule has 1 aromatic rings. The highest BCUT2D eigenvalue weighted by Gasteiger charge is 2.36. The third-order valence-corrected chi connectivity index (χ3v) is 5.48. The minimum absolute atomic E-state index is 0.0616. The lowest BCUT2D eigenvalue weighted by Crippen LogP contribution is -2.55. The van der Waals surface area contributed by atoms with Crippen molar-refractivity contribution in [3.63, 3.8) is 0 Å². The Bertz CT molecular complexity index is 561. The van der Waals surface area contributed by atoms with Gasteiger partial charge in [0.15, 0.2) is 0 Å². The molecule has 2 unspecified atom stereocenters. The summed E-state index contributed by atoms with van der Waals surface area (Å²) in [5, 5.41) is 3.01. The summed E-state index contributed by atoms with van der Waals surface area (Å²) < 4.78 is 0.970. The van der Waals surface area contributed by atoms with Crippen LogP contribution in [-0.4, -0.2) is 35.8 Å². The molecule has 108 valence electrons. The molecular formula is C13H14Cl2N2O2S. The van der Waals surface area contributed by atoms with Crippen LogP contribution in [0.15, 0.2) is 6.07 Å². The minimum Gasteiger partial charge on any atom is -0.353 e. The third kappa shape index (κ3) is 2.67. The second kappa shape index (κ2) is 5.54. The van der Waals surface area contributed by atoms with E-state index in [4.69, 9.17) is 23.2 Å². The number of hydrogen-bond acceptors (Lipinski definition) is 3. The van der Waals surface area contributed by atoms with E-state index in [0.29, 0.717) is 39.7 Å². The van der Waals surface area contributed by atoms with Crippen LogP contribution in [0.4, 0.5) is 0 Å². The van der Waals surface area contributed by atoms with Crippen molar-refractivity contribution >= 4 is 46.4 Å². The van der Waals surface area contributed by atoms with Crippen LogP contribution in [-0.2, 0) is 4.79 Å². The molecule has 1 aromatic heterocycles. The predicted molar refractivity (Wildman–Crippen MR) is 79.5 cm³/mol. The van der Waals surface area contributed by atoms with E-state index in [-0.39, 0.29) is 17.9 Å². The van der Waals surface area contributed by atoms with Crippen molar-refractivity contribution in [2.45, 2.75) is 25.3 Å². The lowest BCUT2D eigenvalue weighted by molar-refractivity contribution is -0.125. The Hall–Kier alpha value is -0.780. The summed E-state index contributed by atoms with van der Waals surface area (Å²) in [6.45, 7) is 1.32. The first kappa shape index (κ1) is 14.2. The number of hydrogen-bond donors (Lipinski definition) is 1. The molecule has 3 heterocycles. The molecule has 0 aromatic carbocycles. The van der Waals surface area contributed by atoms with Gasteiger partial charge in [0.2, 0.25) is 5.91 Å². The molecule has 2 aliphatic rings. The summed E-state index contributed by atoms with van der Waals surface area (Å²) >= 11 is 13.1. The number of fused-ring (bicyclic) bond motifs is 1. The van der Waals surface area contributed by atoms with Crippen molar-refractivity contribution < 1.29 is 9.59 Å². The highest BCUT2D eigenvalue weighted by molar-refractivity contribution is 7.20. The molecule has 0 radical (unpaired) electrons. The lowest BCUT2D eigenvalue weighted by Gasteiger charge is -2.41. The van der Waals surface area contributed by atoms with E-state index < -0.39 is 0 Å². The molecule has 20 heavy (non-hydrogen) atoms. The molecule has 2 saturated heterocycles. The minimum atomic E-state index is -0.0616. The van der Waals surface area contributed by atoms with Gasteiger partial charge in [-0.05, 0) is 24.8 Å². The molecule has 2 fully saturated rings. The first-order valence-electron chi connectivity index (χ1n) is 6.58. The van der Waals surface area contributed by atoms with E-state index in [2.05, 4.69) is 5.32 Å². The molecule has 1 N–H and O–H groups in total. The number of carbonyl (C=O) groups is 2. The van der Waals surface area contributed by atoms with Crippen LogP contribution in [0.5, 0.6) is 0 Å². The molecule has 0 aliphatic carbocycles. The van der Waals surface area contributed by atoms with Crippen LogP contribution in [0.1, 0.15) is 29.6 Å². The molecule has 2 atom stereocenters. The largest absolute Gasteiger partial charge is 0.353 e. The van der Waals surface area contributed by atoms with Crippen LogP contribution < -0.4 is 5.32 Å². The topological polar surface area (TPSA) is 49.4 Å². The number of piperidine rings is 2. The fraction of sp³-hybridized carbons (Fsp3) is 0.538. The van der Waals surface area contributed by atoms with Gasteiger partial charge in [-0.15, -0.1) is 11.3 Å². The standard InChI is InChI=1S/C13H14Cl2N2O2S/c14-10-5-8(12(15)20-10)13(19)17-4-3-9-7(6-17)1-2-11(18)16-9/h5,7,9H,1-4,6H2,(H,16,18). The van der Waals surface area contributed by atoms with Crippen LogP contribution in [0, 0.1) is 5.92 Å². The van der Waals surface area contributed by atoms with Crippen molar-refractivity contribution in [1.82, 2.24) is 10.2 Å². The Kier molecular flexibility index (Phi) is 3.93. The molecule has 0 bridgehead atoms. The first-order valence-corrected chi connectivity index (χ1v) is 8.15. The van der Waals surface area contributed by atoms with Gasteiger partial charge in [-0.25, -0.2) is 0 Å². The van der Waals surface area contributed by atoms with E-state index in [1.807, 2.05) is 4.90 Å². The highest BCUT2D eigenvalue weighted by Crippen LogP contribution is 2.33. The Balaban J connectivity index is 1.71. The van der Waals surface area contributed by atoms with Gasteiger partial charge in [0, 0.05) is 25.6 Å². The summed E-state index contributed by atoms with van der Waals surface area (Å²) in [6, 6.07) is 1.84. The average Bonchev–Trinajstić information content (AvgIpc) is 2.76. The highest BCUT2D eigenvalue weighted by atomic mass is 35.5. The van der Waals surface area contributed by atoms with Gasteiger partial charge < -0.3 is 10.2 Å². The first-order chi connectivity index (χ1) is 9.54. The van der Waals surface area contributed by atoms with Gasteiger partial charge in [0.1, 0.15) is 4.34 Å². The van der Waals surface area contributed by atoms with E-state index in [0.717, 1.165) is 12.8 Å². The van der Waals surface area contributed by atoms with Gasteiger partial charge in [-0.2, -0.15) is 0 Å². The van der Waals surface area contributed by atoms with Crippen LogP contribution in [0.2, 0.25) is 8.67 Å². The van der Waals surface area contributed by atoms with E-state index in [1.165, 1.54) is 11.3 Å². The zero-order chi connectivity index (χ0) is 14.3. The average molecular weight is 333 g/mol. The quantitative estimate of drug-likeness (QED) is 0.859. The van der Waals surface area contributed by atoms with Gasteiger partial charge in [0.05, 0.1) is 9.90 Å². The number of thiophene rings is 1. The van der Waals surface area contributed by atoms with Gasteiger partial charge in [0.25, 0.3) is 5.91 Å². The summed E-state index contributed by atoms with van der Waals surface area (Å²) in [5.41, 5.74) is 0.486. The molecule has 0 spiro atoms. The number of rotatable bonds is 1. The zero-order valence-corrected chi connectivity index (χ0v) is 13.0. The summed E-state index contributed by atoms with van der Waals surface area (Å²) in [7, 11) is 0. The van der Waals surface area contributed by atoms with Crippen molar-refractivity contribution in [1.29, 1.82) is 0 Å². The van der Waals surface area contributed by atoms with Crippen molar-refractivity contribution in [3.8, 4) is 0 Å². The second-order valence-electron chi connectivity index (χ2n) is 5.25. The molecule has 2 amide bonds. The van der Waals surface area contributed by atoms with Gasteiger partial charge in [-0.3, -0.25) is 9.59 Å². The number of nitrogens with one attached hydrogen (secondary N) is 1. The molecule has 2 aliphatic heterocycles. The van der Waals surface area contributed by atoms with Crippen molar-refractivity contribution in [2.24, 2.45) is 5.92 Å². The number of nitrogens with zero attached hydrogens (tertiary/aromatic N) is 1. The summed E-state index contributed by atoms with van der Waals surface area (Å²) in [6.07, 6.45) is 2.20. The third-order valence-electron chi connectivity index (χ3n) is 4.00. The fourth-order valence-corrected chi connectivity index (χ4v) is 4.40. The van der Waals surface area contributed by atoms with E-state index in [1.54, 1.807) is 6.07 Å². The SMILES string of the molecule is O=C1CCC2CN(C(=O)c3cc(Cl)sc3Cl)CCC2N1. The number of amides is 2. The summed E-state index contributed by atoms with van der Waals surface area (Å²) in [4.78, 5) is 25.7. The number of carbonyl (C=O) groups excluding carboxylic acids is 2. The molecule has 3 rings (SSSR count). The van der Waals surface area contributed by atoms with Crippen LogP contribution in [0.25, 0.3) is 0 Å². The van der Waals surface area contributed by atoms with Gasteiger partial charge in [-0.1, -0.05) is 23.2 Å². The zero-order valence-electron chi connectivity index (χ0n) is 10.7. The monoisotopic (exact) mass is 332 g/mol. The maximum atomic E-state index is 12.5. The lowest BCUT2D eigenvalue weighted by atomic mass is 9.85. The summed E-state index contributed by atoms with van der Waals surface area (Å²) in [5.74, 6) is 0.408. The Morgan fingerprint density at radius 1 is 1.40 bits per heavy atom. The van der Waals surface area contributed by atoms with E-state index in [9.17, 15) is 9.59 Å². The Morgan fingerprint density at radius 3 is 2.90 bits per heavy atom.